The number of amides is 1. The zero-order valence-electron chi connectivity index (χ0n) is 18.8. The van der Waals surface area contributed by atoms with Crippen LogP contribution < -0.4 is 5.32 Å². The van der Waals surface area contributed by atoms with E-state index in [0.29, 0.717) is 6.42 Å². The van der Waals surface area contributed by atoms with Gasteiger partial charge >= 0.3 is 12.1 Å². The van der Waals surface area contributed by atoms with Gasteiger partial charge in [-0.2, -0.15) is 0 Å². The Labute approximate surface area is 179 Å². The Morgan fingerprint density at radius 2 is 1.47 bits per heavy atom. The maximum Gasteiger partial charge on any atom is 0.407 e. The largest absolute Gasteiger partial charge is 0.458 e. The van der Waals surface area contributed by atoms with Crippen molar-refractivity contribution in [2.45, 2.75) is 65.5 Å². The van der Waals surface area contributed by atoms with Gasteiger partial charge in [0.05, 0.1) is 0 Å². The second-order valence-corrected chi connectivity index (χ2v) is 7.96. The number of carbonyl (C=O) groups is 2. The predicted octanol–water partition coefficient (Wildman–Crippen LogP) is 5.67. The third kappa shape index (κ3) is 5.62. The molecule has 162 valence electrons. The van der Waals surface area contributed by atoms with E-state index in [9.17, 15) is 9.59 Å². The van der Waals surface area contributed by atoms with Gasteiger partial charge in [-0.25, -0.2) is 9.59 Å². The molecule has 0 spiro atoms. The van der Waals surface area contributed by atoms with E-state index in [1.807, 2.05) is 45.0 Å². The SMILES string of the molecule is CC.CCC(NC(=O)OCC1c2ccccc2-c2ccccc21)C(=O)OC(C)(C)C. The number of nitrogens with one attached hydrogen (secondary N) is 1. The minimum atomic E-state index is -0.727. The average Bonchev–Trinajstić information content (AvgIpc) is 3.04. The van der Waals surface area contributed by atoms with Gasteiger partial charge in [-0.05, 0) is 49.4 Å². The van der Waals surface area contributed by atoms with Crippen LogP contribution in [-0.2, 0) is 14.3 Å². The minimum Gasteiger partial charge on any atom is -0.458 e. The van der Waals surface area contributed by atoms with Crippen LogP contribution in [0, 0.1) is 0 Å². The fraction of sp³-hybridized carbons (Fsp3) is 0.440. The van der Waals surface area contributed by atoms with Gasteiger partial charge in [0.1, 0.15) is 18.2 Å². The van der Waals surface area contributed by atoms with Gasteiger partial charge in [0.25, 0.3) is 0 Å². The van der Waals surface area contributed by atoms with Crippen molar-refractivity contribution in [1.29, 1.82) is 0 Å². The highest BCUT2D eigenvalue weighted by molar-refractivity contribution is 5.82. The Kier molecular flexibility index (Phi) is 8.04. The maximum absolute atomic E-state index is 12.3. The zero-order valence-corrected chi connectivity index (χ0v) is 18.8. The van der Waals surface area contributed by atoms with Crippen LogP contribution in [-0.4, -0.2) is 30.3 Å². The molecule has 0 aromatic heterocycles. The molecule has 0 saturated heterocycles. The van der Waals surface area contributed by atoms with E-state index in [2.05, 4.69) is 29.6 Å². The number of hydrogen-bond donors (Lipinski definition) is 1. The van der Waals surface area contributed by atoms with Crippen LogP contribution in [0.5, 0.6) is 0 Å². The Morgan fingerprint density at radius 3 is 1.93 bits per heavy atom. The highest BCUT2D eigenvalue weighted by atomic mass is 16.6. The Morgan fingerprint density at radius 1 is 0.967 bits per heavy atom. The predicted molar refractivity (Wildman–Crippen MR) is 119 cm³/mol. The van der Waals surface area contributed by atoms with Crippen molar-refractivity contribution in [3.8, 4) is 11.1 Å². The van der Waals surface area contributed by atoms with Crippen molar-refractivity contribution in [2.24, 2.45) is 0 Å². The summed E-state index contributed by atoms with van der Waals surface area (Å²) in [5, 5.41) is 2.63. The molecule has 1 amide bonds. The number of alkyl carbamates (subject to hydrolysis) is 1. The third-order valence-electron chi connectivity index (χ3n) is 4.74. The monoisotopic (exact) mass is 411 g/mol. The molecular formula is C25H33NO4. The van der Waals surface area contributed by atoms with Gasteiger partial charge in [-0.1, -0.05) is 69.3 Å². The van der Waals surface area contributed by atoms with Gasteiger partial charge in [-0.15, -0.1) is 0 Å². The minimum absolute atomic E-state index is 0.0141. The van der Waals surface area contributed by atoms with Crippen LogP contribution in [0.3, 0.4) is 0 Å². The molecule has 0 saturated carbocycles. The normalized spacial score (nSPS) is 13.3. The first-order valence-electron chi connectivity index (χ1n) is 10.6. The summed E-state index contributed by atoms with van der Waals surface area (Å²) in [5.41, 5.74) is 4.04. The second kappa shape index (κ2) is 10.3. The van der Waals surface area contributed by atoms with Crippen molar-refractivity contribution < 1.29 is 19.1 Å². The molecular weight excluding hydrogens is 378 g/mol. The average molecular weight is 412 g/mol. The second-order valence-electron chi connectivity index (χ2n) is 7.96. The molecule has 1 unspecified atom stereocenters. The lowest BCUT2D eigenvalue weighted by Gasteiger charge is -2.24. The van der Waals surface area contributed by atoms with Gasteiger partial charge in [0.15, 0.2) is 0 Å². The summed E-state index contributed by atoms with van der Waals surface area (Å²) in [6, 6.07) is 15.6. The summed E-state index contributed by atoms with van der Waals surface area (Å²) in [6.07, 6.45) is -0.182. The van der Waals surface area contributed by atoms with Crippen LogP contribution in [0.15, 0.2) is 48.5 Å². The molecule has 5 heteroatoms. The molecule has 0 heterocycles. The lowest BCUT2D eigenvalue weighted by atomic mass is 9.98. The van der Waals surface area contributed by atoms with Crippen molar-refractivity contribution in [3.63, 3.8) is 0 Å². The molecule has 1 aliphatic carbocycles. The lowest BCUT2D eigenvalue weighted by molar-refractivity contribution is -0.157. The van der Waals surface area contributed by atoms with Crippen molar-refractivity contribution in [2.75, 3.05) is 6.61 Å². The maximum atomic E-state index is 12.3. The van der Waals surface area contributed by atoms with Gasteiger partial charge in [0, 0.05) is 5.92 Å². The van der Waals surface area contributed by atoms with E-state index in [1.165, 1.54) is 11.1 Å². The summed E-state index contributed by atoms with van der Waals surface area (Å²) < 4.78 is 10.8. The number of rotatable bonds is 5. The molecule has 3 rings (SSSR count). The Balaban J connectivity index is 0.00000155. The van der Waals surface area contributed by atoms with E-state index in [4.69, 9.17) is 9.47 Å². The van der Waals surface area contributed by atoms with Gasteiger partial charge in [-0.3, -0.25) is 0 Å². The molecule has 0 fully saturated rings. The van der Waals surface area contributed by atoms with E-state index in [1.54, 1.807) is 20.8 Å². The van der Waals surface area contributed by atoms with Crippen molar-refractivity contribution in [3.05, 3.63) is 59.7 Å². The first-order valence-corrected chi connectivity index (χ1v) is 10.6. The number of ether oxygens (including phenoxy) is 2. The van der Waals surface area contributed by atoms with Crippen LogP contribution in [0.4, 0.5) is 4.79 Å². The molecule has 30 heavy (non-hydrogen) atoms. The third-order valence-corrected chi connectivity index (χ3v) is 4.74. The number of carbonyl (C=O) groups excluding carboxylic acids is 2. The Hall–Kier alpha value is -2.82. The number of hydrogen-bond acceptors (Lipinski definition) is 4. The standard InChI is InChI=1S/C23H27NO4.C2H6/c1-5-20(21(25)28-23(2,3)4)24-22(26)27-14-19-17-12-8-6-10-15(17)16-11-7-9-13-18(16)19;1-2/h6-13,19-20H,5,14H2,1-4H3,(H,24,26);1-2H3. The van der Waals surface area contributed by atoms with Crippen LogP contribution in [0.25, 0.3) is 11.1 Å². The summed E-state index contributed by atoms with van der Waals surface area (Å²) in [6.45, 7) is 11.4. The zero-order chi connectivity index (χ0) is 22.3. The fourth-order valence-corrected chi connectivity index (χ4v) is 3.48. The topological polar surface area (TPSA) is 64.6 Å². The smallest absolute Gasteiger partial charge is 0.407 e. The van der Waals surface area contributed by atoms with E-state index in [0.717, 1.165) is 11.1 Å². The molecule has 2 aromatic rings. The van der Waals surface area contributed by atoms with Crippen molar-refractivity contribution >= 4 is 12.1 Å². The molecule has 0 radical (unpaired) electrons. The van der Waals surface area contributed by atoms with E-state index in [-0.39, 0.29) is 12.5 Å². The number of fused-ring (bicyclic) bond motifs is 3. The molecule has 1 aliphatic rings. The van der Waals surface area contributed by atoms with Crippen LogP contribution in [0.1, 0.15) is 65.0 Å². The van der Waals surface area contributed by atoms with Crippen LogP contribution in [0.2, 0.25) is 0 Å². The van der Waals surface area contributed by atoms with Crippen LogP contribution >= 0.6 is 0 Å². The van der Waals surface area contributed by atoms with Gasteiger partial charge < -0.3 is 14.8 Å². The molecule has 5 nitrogen and oxygen atoms in total. The Bertz CT molecular complexity index is 824. The summed E-state index contributed by atoms with van der Waals surface area (Å²) in [7, 11) is 0. The first kappa shape index (κ1) is 23.5. The number of benzene rings is 2. The van der Waals surface area contributed by atoms with Gasteiger partial charge in [0.2, 0.25) is 0 Å². The highest BCUT2D eigenvalue weighted by Crippen LogP contribution is 2.44. The fourth-order valence-electron chi connectivity index (χ4n) is 3.48. The molecule has 0 bridgehead atoms. The molecule has 1 atom stereocenters. The van der Waals surface area contributed by atoms with Crippen molar-refractivity contribution in [1.82, 2.24) is 5.32 Å². The first-order chi connectivity index (χ1) is 14.3. The quantitative estimate of drug-likeness (QED) is 0.644. The molecule has 0 aliphatic heterocycles. The van der Waals surface area contributed by atoms with E-state index < -0.39 is 23.7 Å². The molecule has 2 aromatic carbocycles. The lowest BCUT2D eigenvalue weighted by Crippen LogP contribution is -2.44. The molecule has 1 N–H and O–H groups in total. The highest BCUT2D eigenvalue weighted by Gasteiger charge is 2.30. The summed E-state index contributed by atoms with van der Waals surface area (Å²) in [4.78, 5) is 24.5. The summed E-state index contributed by atoms with van der Waals surface area (Å²) in [5.74, 6) is -0.469. The van der Waals surface area contributed by atoms with E-state index >= 15 is 0 Å². The summed E-state index contributed by atoms with van der Waals surface area (Å²) >= 11 is 0. The number of esters is 1.